The minimum atomic E-state index is -4.96. The summed E-state index contributed by atoms with van der Waals surface area (Å²) < 4.78 is 68.5. The van der Waals surface area contributed by atoms with Crippen molar-refractivity contribution in [1.82, 2.24) is 0 Å². The molecule has 0 heterocycles. The maximum atomic E-state index is 13.1. The second-order valence-corrected chi connectivity index (χ2v) is 31.3. The minimum Gasteiger partial charge on any atom is -0.462 e. The van der Waals surface area contributed by atoms with Gasteiger partial charge in [-0.15, -0.1) is 0 Å². The van der Waals surface area contributed by atoms with Crippen molar-refractivity contribution in [3.63, 3.8) is 0 Å². The molecule has 0 aromatic rings. The minimum absolute atomic E-state index is 0.108. The molecule has 5 atom stereocenters. The van der Waals surface area contributed by atoms with Gasteiger partial charge in [0.15, 0.2) is 12.2 Å². The first kappa shape index (κ1) is 93.1. The number of ether oxygens (including phenoxy) is 4. The summed E-state index contributed by atoms with van der Waals surface area (Å²) in [5.41, 5.74) is 0. The van der Waals surface area contributed by atoms with Gasteiger partial charge in [-0.1, -0.05) is 343 Å². The van der Waals surface area contributed by atoms with Gasteiger partial charge < -0.3 is 33.8 Å². The zero-order valence-corrected chi connectivity index (χ0v) is 63.8. The molecule has 0 aromatic heterocycles. The number of rotatable bonds is 75. The van der Waals surface area contributed by atoms with Crippen LogP contribution in [-0.2, 0) is 65.4 Å². The lowest BCUT2D eigenvalue weighted by molar-refractivity contribution is -0.161. The highest BCUT2D eigenvalue weighted by Gasteiger charge is 2.30. The average Bonchev–Trinajstić information content (AvgIpc) is 1.73. The van der Waals surface area contributed by atoms with Crippen molar-refractivity contribution < 1.29 is 80.2 Å². The Hall–Kier alpha value is -1.94. The van der Waals surface area contributed by atoms with Crippen LogP contribution in [0.5, 0.6) is 0 Å². The van der Waals surface area contributed by atoms with E-state index >= 15 is 0 Å². The maximum Gasteiger partial charge on any atom is 0.472 e. The zero-order valence-electron chi connectivity index (χ0n) is 62.0. The molecule has 564 valence electrons. The monoisotopic (exact) mass is 1400 g/mol. The molecule has 2 unspecified atom stereocenters. The third kappa shape index (κ3) is 70.3. The summed E-state index contributed by atoms with van der Waals surface area (Å²) in [6.45, 7) is 9.63. The molecule has 0 saturated heterocycles. The number of aliphatic hydroxyl groups excluding tert-OH is 1. The Kier molecular flexibility index (Phi) is 66.5. The molecule has 0 aliphatic heterocycles. The van der Waals surface area contributed by atoms with E-state index in [9.17, 15) is 43.2 Å². The summed E-state index contributed by atoms with van der Waals surface area (Å²) in [6.07, 6.45) is 55.3. The molecule has 0 bridgehead atoms. The summed E-state index contributed by atoms with van der Waals surface area (Å²) in [5.74, 6) is -0.537. The van der Waals surface area contributed by atoms with Crippen LogP contribution in [0.1, 0.15) is 395 Å². The van der Waals surface area contributed by atoms with E-state index in [-0.39, 0.29) is 25.7 Å². The molecule has 17 nitrogen and oxygen atoms in total. The van der Waals surface area contributed by atoms with Crippen LogP contribution in [0.25, 0.3) is 0 Å². The molecule has 0 aromatic carbocycles. The predicted octanol–water partition coefficient (Wildman–Crippen LogP) is 22.3. The molecule has 0 amide bonds. The largest absolute Gasteiger partial charge is 0.472 e. The highest BCUT2D eigenvalue weighted by molar-refractivity contribution is 7.47. The van der Waals surface area contributed by atoms with Crippen LogP contribution in [0.15, 0.2) is 0 Å². The van der Waals surface area contributed by atoms with Crippen molar-refractivity contribution in [1.29, 1.82) is 0 Å². The SMILES string of the molecule is CCCCCCCCCCCCCCCC(=O)O[C@H](COC(=O)CCCCCCCCCCCC)COP(=O)(O)OC[C@H](O)COP(=O)(O)OC[C@@H](COC(=O)CCCCCCCCCCCCCCC(C)C)OC(=O)CCCCCCCCCCCCCCCCC(C)C. The van der Waals surface area contributed by atoms with Gasteiger partial charge in [0.25, 0.3) is 0 Å². The van der Waals surface area contributed by atoms with Crippen molar-refractivity contribution in [2.75, 3.05) is 39.6 Å². The van der Waals surface area contributed by atoms with Gasteiger partial charge in [0.05, 0.1) is 26.4 Å². The van der Waals surface area contributed by atoms with Crippen LogP contribution in [-0.4, -0.2) is 96.7 Å². The summed E-state index contributed by atoms with van der Waals surface area (Å²) in [7, 11) is -9.91. The molecule has 3 N–H and O–H groups in total. The zero-order chi connectivity index (χ0) is 70.0. The lowest BCUT2D eigenvalue weighted by atomic mass is 10.0. The predicted molar refractivity (Wildman–Crippen MR) is 386 cm³/mol. The van der Waals surface area contributed by atoms with E-state index < -0.39 is 97.5 Å². The van der Waals surface area contributed by atoms with Gasteiger partial charge in [0.1, 0.15) is 19.3 Å². The first-order valence-corrected chi connectivity index (χ1v) is 42.5. The van der Waals surface area contributed by atoms with Gasteiger partial charge in [0, 0.05) is 25.7 Å². The fourth-order valence-electron chi connectivity index (χ4n) is 11.7. The third-order valence-electron chi connectivity index (χ3n) is 17.7. The Morgan fingerprint density at radius 2 is 0.484 bits per heavy atom. The van der Waals surface area contributed by atoms with E-state index in [0.29, 0.717) is 25.7 Å². The lowest BCUT2D eigenvalue weighted by Gasteiger charge is -2.21. The summed E-state index contributed by atoms with van der Waals surface area (Å²) in [5, 5.41) is 10.6. The highest BCUT2D eigenvalue weighted by atomic mass is 31.2. The van der Waals surface area contributed by atoms with Gasteiger partial charge >= 0.3 is 39.5 Å². The van der Waals surface area contributed by atoms with E-state index in [0.717, 1.165) is 102 Å². The van der Waals surface area contributed by atoms with Gasteiger partial charge in [-0.05, 0) is 37.5 Å². The molecule has 0 saturated carbocycles. The molecular weight excluding hydrogens is 1250 g/mol. The lowest BCUT2D eigenvalue weighted by Crippen LogP contribution is -2.30. The van der Waals surface area contributed by atoms with Crippen molar-refractivity contribution in [3.8, 4) is 0 Å². The molecule has 0 spiro atoms. The third-order valence-corrected chi connectivity index (χ3v) is 19.6. The molecule has 0 aliphatic rings. The van der Waals surface area contributed by atoms with Crippen molar-refractivity contribution in [2.45, 2.75) is 413 Å². The molecule has 95 heavy (non-hydrogen) atoms. The highest BCUT2D eigenvalue weighted by Crippen LogP contribution is 2.45. The van der Waals surface area contributed by atoms with Gasteiger partial charge in [-0.25, -0.2) is 9.13 Å². The second-order valence-electron chi connectivity index (χ2n) is 28.3. The normalized spacial score (nSPS) is 14.0. The number of esters is 4. The van der Waals surface area contributed by atoms with Crippen LogP contribution in [0.2, 0.25) is 0 Å². The van der Waals surface area contributed by atoms with Crippen molar-refractivity contribution in [2.24, 2.45) is 11.8 Å². The van der Waals surface area contributed by atoms with Crippen LogP contribution in [0.3, 0.4) is 0 Å². The van der Waals surface area contributed by atoms with Gasteiger partial charge in [0.2, 0.25) is 0 Å². The van der Waals surface area contributed by atoms with E-state index in [2.05, 4.69) is 41.5 Å². The molecular formula is C76H148O17P2. The Balaban J connectivity index is 5.25. The fourth-order valence-corrected chi connectivity index (χ4v) is 13.2. The van der Waals surface area contributed by atoms with E-state index in [1.54, 1.807) is 0 Å². The van der Waals surface area contributed by atoms with Crippen LogP contribution in [0.4, 0.5) is 0 Å². The Labute approximate surface area is 581 Å². The number of hydrogen-bond donors (Lipinski definition) is 3. The van der Waals surface area contributed by atoms with Crippen LogP contribution in [0, 0.1) is 11.8 Å². The number of carbonyl (C=O) groups excluding carboxylic acids is 4. The van der Waals surface area contributed by atoms with E-state index in [1.165, 1.54) is 212 Å². The first-order chi connectivity index (χ1) is 45.9. The molecule has 0 aliphatic carbocycles. The van der Waals surface area contributed by atoms with Crippen molar-refractivity contribution >= 4 is 39.5 Å². The van der Waals surface area contributed by atoms with Crippen LogP contribution >= 0.6 is 15.6 Å². The van der Waals surface area contributed by atoms with E-state index in [4.69, 9.17) is 37.0 Å². The molecule has 19 heteroatoms. The number of aliphatic hydroxyl groups is 1. The van der Waals surface area contributed by atoms with E-state index in [1.807, 2.05) is 0 Å². The average molecular weight is 1400 g/mol. The van der Waals surface area contributed by atoms with Gasteiger partial charge in [-0.3, -0.25) is 37.3 Å². The first-order valence-electron chi connectivity index (χ1n) is 39.5. The van der Waals surface area contributed by atoms with Crippen molar-refractivity contribution in [3.05, 3.63) is 0 Å². The molecule has 0 rings (SSSR count). The topological polar surface area (TPSA) is 237 Å². The number of phosphoric ester groups is 2. The fraction of sp³-hybridized carbons (Fsp3) is 0.947. The Morgan fingerprint density at radius 3 is 0.716 bits per heavy atom. The number of carbonyl (C=O) groups is 4. The summed E-state index contributed by atoms with van der Waals surface area (Å²) in [6, 6.07) is 0. The molecule has 0 radical (unpaired) electrons. The second kappa shape index (κ2) is 67.9. The van der Waals surface area contributed by atoms with Gasteiger partial charge in [-0.2, -0.15) is 0 Å². The number of hydrogen-bond acceptors (Lipinski definition) is 15. The number of unbranched alkanes of at least 4 members (excludes halogenated alkanes) is 45. The number of phosphoric acid groups is 2. The molecule has 0 fully saturated rings. The Bertz CT molecular complexity index is 1840. The summed E-state index contributed by atoms with van der Waals surface area (Å²) in [4.78, 5) is 72.8. The standard InChI is InChI=1S/C76H148O17P2/c1-7-9-11-13-15-17-19-22-30-36-42-48-54-60-75(80)92-71(64-86-73(78)58-52-46-40-34-18-16-14-12-10-8-2)66-90-94(82,83)88-62-70(77)63-89-95(84,85)91-67-72(65-87-74(79)59-53-47-41-35-29-26-25-28-33-39-45-51-57-69(5)6)93-76(81)61-55-49-43-37-31-24-21-20-23-27-32-38-44-50-56-68(3)4/h68-72,77H,7-67H2,1-6H3,(H,82,83)(H,84,85)/t70-,71+,72+/m0/s1. The summed E-state index contributed by atoms with van der Waals surface area (Å²) >= 11 is 0. The van der Waals surface area contributed by atoms with Crippen LogP contribution < -0.4 is 0 Å². The quantitative estimate of drug-likeness (QED) is 0.0222. The maximum absolute atomic E-state index is 13.1. The smallest absolute Gasteiger partial charge is 0.462 e. The Morgan fingerprint density at radius 1 is 0.284 bits per heavy atom.